The van der Waals surface area contributed by atoms with Gasteiger partial charge in [-0.3, -0.25) is 9.48 Å². The number of piperidine rings is 1. The van der Waals surface area contributed by atoms with E-state index in [0.29, 0.717) is 19.1 Å². The van der Waals surface area contributed by atoms with Crippen molar-refractivity contribution in [1.29, 1.82) is 0 Å². The van der Waals surface area contributed by atoms with Gasteiger partial charge in [0.15, 0.2) is 0 Å². The smallest absolute Gasteiger partial charge is 0.251 e. The van der Waals surface area contributed by atoms with Gasteiger partial charge >= 0.3 is 0 Å². The molecule has 0 bridgehead atoms. The van der Waals surface area contributed by atoms with Crippen LogP contribution in [0.1, 0.15) is 38.8 Å². The van der Waals surface area contributed by atoms with Crippen LogP contribution in [0.25, 0.3) is 0 Å². The fourth-order valence-electron chi connectivity index (χ4n) is 2.97. The van der Waals surface area contributed by atoms with Crippen molar-refractivity contribution in [2.45, 2.75) is 52.4 Å². The summed E-state index contributed by atoms with van der Waals surface area (Å²) in [5.74, 6) is 0.200. The third kappa shape index (κ3) is 4.75. The highest BCUT2D eigenvalue weighted by atomic mass is 16.5. The Morgan fingerprint density at radius 1 is 1.57 bits per heavy atom. The average molecular weight is 324 g/mol. The van der Waals surface area contributed by atoms with Crippen LogP contribution < -0.4 is 0 Å². The Hall–Kier alpha value is -1.47. The van der Waals surface area contributed by atoms with Gasteiger partial charge in [0, 0.05) is 26.7 Å². The van der Waals surface area contributed by atoms with Crippen LogP contribution >= 0.6 is 0 Å². The molecule has 7 heteroatoms. The molecular weight excluding hydrogens is 296 g/mol. The van der Waals surface area contributed by atoms with Crippen LogP contribution in [0, 0.1) is 11.8 Å². The summed E-state index contributed by atoms with van der Waals surface area (Å²) in [5.41, 5.74) is 0.809. The van der Waals surface area contributed by atoms with Crippen molar-refractivity contribution in [2.24, 2.45) is 11.8 Å². The molecule has 1 aliphatic heterocycles. The number of ether oxygens (including phenoxy) is 1. The van der Waals surface area contributed by atoms with Crippen molar-refractivity contribution in [1.82, 2.24) is 19.9 Å². The number of rotatable bonds is 7. The number of likely N-dealkylation sites (tertiary alicyclic amines) is 1. The Kier molecular flexibility index (Phi) is 6.53. The SMILES string of the molecule is CC[C@H](C)[C@H](O)C(=O)N1CCCC(Cn2cc(COC)nn2)C1. The number of nitrogens with zero attached hydrogens (tertiary/aromatic N) is 4. The zero-order valence-electron chi connectivity index (χ0n) is 14.3. The molecule has 1 aromatic heterocycles. The van der Waals surface area contributed by atoms with Crippen molar-refractivity contribution >= 4 is 5.91 Å². The lowest BCUT2D eigenvalue weighted by Gasteiger charge is -2.34. The van der Waals surface area contributed by atoms with Gasteiger partial charge in [0.2, 0.25) is 0 Å². The van der Waals surface area contributed by atoms with Gasteiger partial charge in [0.25, 0.3) is 5.91 Å². The van der Waals surface area contributed by atoms with Crippen LogP contribution in [0.15, 0.2) is 6.20 Å². The molecule has 7 nitrogen and oxygen atoms in total. The molecule has 0 radical (unpaired) electrons. The lowest BCUT2D eigenvalue weighted by atomic mass is 9.95. The third-order valence-electron chi connectivity index (χ3n) is 4.59. The first-order valence-electron chi connectivity index (χ1n) is 8.40. The van der Waals surface area contributed by atoms with Gasteiger partial charge in [-0.05, 0) is 24.7 Å². The first kappa shape index (κ1) is 17.9. The van der Waals surface area contributed by atoms with E-state index in [-0.39, 0.29) is 11.8 Å². The first-order valence-corrected chi connectivity index (χ1v) is 8.40. The van der Waals surface area contributed by atoms with Gasteiger partial charge in [-0.1, -0.05) is 25.5 Å². The number of aliphatic hydroxyl groups excluding tert-OH is 1. The van der Waals surface area contributed by atoms with Crippen molar-refractivity contribution in [3.05, 3.63) is 11.9 Å². The van der Waals surface area contributed by atoms with Crippen LogP contribution in [-0.2, 0) is 22.7 Å². The van der Waals surface area contributed by atoms with Crippen LogP contribution in [0.4, 0.5) is 0 Å². The summed E-state index contributed by atoms with van der Waals surface area (Å²) in [7, 11) is 1.63. The molecule has 2 rings (SSSR count). The minimum atomic E-state index is -0.890. The van der Waals surface area contributed by atoms with Crippen LogP contribution in [0.2, 0.25) is 0 Å². The number of carbonyl (C=O) groups is 1. The van der Waals surface area contributed by atoms with Crippen molar-refractivity contribution in [3.63, 3.8) is 0 Å². The number of carbonyl (C=O) groups excluding carboxylic acids is 1. The Morgan fingerprint density at radius 3 is 3.04 bits per heavy atom. The third-order valence-corrected chi connectivity index (χ3v) is 4.59. The zero-order valence-corrected chi connectivity index (χ0v) is 14.3. The second kappa shape index (κ2) is 8.40. The van der Waals surface area contributed by atoms with E-state index in [1.807, 2.05) is 24.7 Å². The van der Waals surface area contributed by atoms with E-state index in [4.69, 9.17) is 4.74 Å². The summed E-state index contributed by atoms with van der Waals surface area (Å²) in [6, 6.07) is 0. The number of aliphatic hydroxyl groups is 1. The Morgan fingerprint density at radius 2 is 2.35 bits per heavy atom. The normalized spacial score (nSPS) is 21.2. The van der Waals surface area contributed by atoms with Crippen LogP contribution in [0.5, 0.6) is 0 Å². The number of aromatic nitrogens is 3. The van der Waals surface area contributed by atoms with Gasteiger partial charge in [-0.15, -0.1) is 5.10 Å². The molecule has 1 saturated heterocycles. The molecular formula is C16H28N4O3. The number of hydrogen-bond acceptors (Lipinski definition) is 5. The molecule has 3 atom stereocenters. The predicted octanol–water partition coefficient (Wildman–Crippen LogP) is 1.07. The second-order valence-electron chi connectivity index (χ2n) is 6.49. The molecule has 23 heavy (non-hydrogen) atoms. The number of methoxy groups -OCH3 is 1. The predicted molar refractivity (Wildman–Crippen MR) is 85.5 cm³/mol. The van der Waals surface area contributed by atoms with E-state index in [9.17, 15) is 9.90 Å². The minimum absolute atomic E-state index is 0.00482. The highest BCUT2D eigenvalue weighted by molar-refractivity contribution is 5.81. The molecule has 1 N–H and O–H groups in total. The van der Waals surface area contributed by atoms with Crippen molar-refractivity contribution in [2.75, 3.05) is 20.2 Å². The molecule has 130 valence electrons. The second-order valence-corrected chi connectivity index (χ2v) is 6.49. The highest BCUT2D eigenvalue weighted by Crippen LogP contribution is 2.20. The summed E-state index contributed by atoms with van der Waals surface area (Å²) in [5, 5.41) is 18.3. The maximum Gasteiger partial charge on any atom is 0.251 e. The van der Waals surface area contributed by atoms with Crippen molar-refractivity contribution < 1.29 is 14.6 Å². The molecule has 0 saturated carbocycles. The first-order chi connectivity index (χ1) is 11.0. The molecule has 0 aliphatic carbocycles. The highest BCUT2D eigenvalue weighted by Gasteiger charge is 2.30. The van der Waals surface area contributed by atoms with Crippen molar-refractivity contribution in [3.8, 4) is 0 Å². The van der Waals surface area contributed by atoms with E-state index in [0.717, 1.165) is 38.0 Å². The maximum absolute atomic E-state index is 12.4. The molecule has 0 spiro atoms. The van der Waals surface area contributed by atoms with Crippen LogP contribution in [-0.4, -0.2) is 57.2 Å². The van der Waals surface area contributed by atoms with Gasteiger partial charge in [-0.2, -0.15) is 0 Å². The number of amides is 1. The lowest BCUT2D eigenvalue weighted by Crippen LogP contribution is -2.47. The lowest BCUT2D eigenvalue weighted by molar-refractivity contribution is -0.144. The van der Waals surface area contributed by atoms with Gasteiger partial charge < -0.3 is 14.7 Å². The molecule has 1 unspecified atom stereocenters. The Bertz CT molecular complexity index is 505. The largest absolute Gasteiger partial charge is 0.383 e. The standard InChI is InChI=1S/C16H28N4O3/c1-4-12(2)15(21)16(22)19-7-5-6-13(8-19)9-20-10-14(11-23-3)17-18-20/h10,12-13,15,21H,4-9,11H2,1-3H3/t12-,13?,15-/m0/s1. The topological polar surface area (TPSA) is 80.5 Å². The van der Waals surface area contributed by atoms with Crippen LogP contribution in [0.3, 0.4) is 0 Å². The summed E-state index contributed by atoms with van der Waals surface area (Å²) >= 11 is 0. The molecule has 1 aromatic rings. The van der Waals surface area contributed by atoms with E-state index in [1.54, 1.807) is 12.0 Å². The van der Waals surface area contributed by atoms with Gasteiger partial charge in [0.05, 0.1) is 12.8 Å². The zero-order chi connectivity index (χ0) is 16.8. The Balaban J connectivity index is 1.90. The van der Waals surface area contributed by atoms with E-state index < -0.39 is 6.10 Å². The summed E-state index contributed by atoms with van der Waals surface area (Å²) < 4.78 is 6.86. The monoisotopic (exact) mass is 324 g/mol. The Labute approximate surface area is 137 Å². The summed E-state index contributed by atoms with van der Waals surface area (Å²) in [4.78, 5) is 14.2. The van der Waals surface area contributed by atoms with E-state index in [2.05, 4.69) is 10.3 Å². The molecule has 1 fully saturated rings. The quantitative estimate of drug-likeness (QED) is 0.811. The van der Waals surface area contributed by atoms with E-state index >= 15 is 0 Å². The molecule has 2 heterocycles. The number of hydrogen-bond donors (Lipinski definition) is 1. The summed E-state index contributed by atoms with van der Waals surface area (Å²) in [6.07, 6.45) is 3.81. The molecule has 1 amide bonds. The van der Waals surface area contributed by atoms with E-state index in [1.165, 1.54) is 0 Å². The molecule has 0 aromatic carbocycles. The van der Waals surface area contributed by atoms with Gasteiger partial charge in [0.1, 0.15) is 11.8 Å². The van der Waals surface area contributed by atoms with Gasteiger partial charge in [-0.25, -0.2) is 0 Å². The fraction of sp³-hybridized carbons (Fsp3) is 0.812. The molecule has 1 aliphatic rings. The fourth-order valence-corrected chi connectivity index (χ4v) is 2.97. The maximum atomic E-state index is 12.4. The minimum Gasteiger partial charge on any atom is -0.383 e. The summed E-state index contributed by atoms with van der Waals surface area (Å²) in [6.45, 7) is 6.50. The average Bonchev–Trinajstić information content (AvgIpc) is 3.00.